The summed E-state index contributed by atoms with van der Waals surface area (Å²) >= 11 is 13.5. The quantitative estimate of drug-likeness (QED) is 0.907. The summed E-state index contributed by atoms with van der Waals surface area (Å²) in [7, 11) is 0. The summed E-state index contributed by atoms with van der Waals surface area (Å²) in [6.07, 6.45) is 1.48. The maximum absolute atomic E-state index is 6.15. The summed E-state index contributed by atoms with van der Waals surface area (Å²) in [6.45, 7) is 0. The molecule has 2 N–H and O–H groups in total. The van der Waals surface area contributed by atoms with Crippen molar-refractivity contribution < 1.29 is 0 Å². The Labute approximate surface area is 129 Å². The van der Waals surface area contributed by atoms with Crippen LogP contribution < -0.4 is 5.73 Å². The number of amidine groups is 1. The van der Waals surface area contributed by atoms with Crippen LogP contribution >= 0.6 is 35.0 Å². The Bertz CT molecular complexity index is 680. The first kappa shape index (κ1) is 13.6. The van der Waals surface area contributed by atoms with Crippen LogP contribution in [-0.4, -0.2) is 29.2 Å². The number of benzene rings is 1. The molecule has 0 radical (unpaired) electrons. The average molecular weight is 326 g/mol. The predicted molar refractivity (Wildman–Crippen MR) is 86.5 cm³/mol. The molecule has 2 aliphatic rings. The summed E-state index contributed by atoms with van der Waals surface area (Å²) in [5.74, 6) is 1.44. The molecule has 0 aliphatic carbocycles. The Morgan fingerprint density at radius 3 is 2.90 bits per heavy atom. The van der Waals surface area contributed by atoms with Gasteiger partial charge in [0, 0.05) is 15.8 Å². The van der Waals surface area contributed by atoms with E-state index >= 15 is 0 Å². The minimum absolute atomic E-state index is 0.204. The summed E-state index contributed by atoms with van der Waals surface area (Å²) in [6, 6.07) is 5.18. The molecule has 2 heterocycles. The second kappa shape index (κ2) is 5.55. The van der Waals surface area contributed by atoms with E-state index in [9.17, 15) is 0 Å². The lowest BCUT2D eigenvalue weighted by molar-refractivity contribution is 1.15. The van der Waals surface area contributed by atoms with Gasteiger partial charge in [-0.2, -0.15) is 4.99 Å². The third-order valence-corrected chi connectivity index (χ3v) is 4.38. The van der Waals surface area contributed by atoms with Gasteiger partial charge in [0.25, 0.3) is 0 Å². The molecule has 0 fully saturated rings. The molecule has 0 saturated heterocycles. The molecule has 0 spiro atoms. The van der Waals surface area contributed by atoms with Crippen molar-refractivity contribution in [2.45, 2.75) is 11.8 Å². The van der Waals surface area contributed by atoms with Gasteiger partial charge < -0.3 is 5.73 Å². The van der Waals surface area contributed by atoms with E-state index in [-0.39, 0.29) is 12.0 Å². The third-order valence-electron chi connectivity index (χ3n) is 2.73. The van der Waals surface area contributed by atoms with Crippen LogP contribution in [0.25, 0.3) is 0 Å². The van der Waals surface area contributed by atoms with E-state index in [2.05, 4.69) is 20.0 Å². The number of hydrogen-bond acceptors (Lipinski definition) is 6. The summed E-state index contributed by atoms with van der Waals surface area (Å²) in [5.41, 5.74) is 6.65. The number of rotatable bonds is 2. The number of hydrogen-bond donors (Lipinski definition) is 1. The Balaban J connectivity index is 1.76. The van der Waals surface area contributed by atoms with Crippen molar-refractivity contribution in [3.05, 3.63) is 33.8 Å². The van der Waals surface area contributed by atoms with Gasteiger partial charge >= 0.3 is 0 Å². The second-order valence-electron chi connectivity index (χ2n) is 4.10. The lowest BCUT2D eigenvalue weighted by Crippen LogP contribution is -2.31. The van der Waals surface area contributed by atoms with Crippen LogP contribution in [0, 0.1) is 0 Å². The first-order valence-corrected chi connectivity index (χ1v) is 7.46. The van der Waals surface area contributed by atoms with Crippen molar-refractivity contribution >= 4 is 58.1 Å². The topological polar surface area (TPSA) is 75.5 Å². The smallest absolute Gasteiger partial charge is 0.222 e. The molecule has 1 atom stereocenters. The zero-order valence-electron chi connectivity index (χ0n) is 10.1. The van der Waals surface area contributed by atoms with Gasteiger partial charge in [0.15, 0.2) is 11.9 Å². The van der Waals surface area contributed by atoms with Crippen LogP contribution in [0.4, 0.5) is 0 Å². The minimum atomic E-state index is -0.238. The van der Waals surface area contributed by atoms with Gasteiger partial charge in [0.1, 0.15) is 11.4 Å². The fourth-order valence-electron chi connectivity index (χ4n) is 1.78. The summed E-state index contributed by atoms with van der Waals surface area (Å²) in [4.78, 5) is 16.6. The minimum Gasteiger partial charge on any atom is -0.368 e. The molecule has 102 valence electrons. The Morgan fingerprint density at radius 2 is 2.10 bits per heavy atom. The van der Waals surface area contributed by atoms with E-state index in [0.29, 0.717) is 21.6 Å². The fourth-order valence-corrected chi connectivity index (χ4v) is 3.37. The van der Waals surface area contributed by atoms with Crippen molar-refractivity contribution in [3.8, 4) is 0 Å². The van der Waals surface area contributed by atoms with Gasteiger partial charge in [-0.05, 0) is 17.7 Å². The normalized spacial score (nSPS) is 20.3. The van der Waals surface area contributed by atoms with Gasteiger partial charge in [0.05, 0.1) is 0 Å². The van der Waals surface area contributed by atoms with Crippen molar-refractivity contribution in [2.24, 2.45) is 25.7 Å². The number of fused-ring (bicyclic) bond motifs is 1. The van der Waals surface area contributed by atoms with Gasteiger partial charge in [-0.25, -0.2) is 9.98 Å². The molecule has 1 unspecified atom stereocenters. The molecule has 1 aromatic rings. The molecule has 0 aromatic heterocycles. The monoisotopic (exact) mass is 325 g/mol. The van der Waals surface area contributed by atoms with Crippen molar-refractivity contribution in [1.29, 1.82) is 0 Å². The zero-order chi connectivity index (χ0) is 14.1. The van der Waals surface area contributed by atoms with Crippen molar-refractivity contribution in [3.63, 3.8) is 0 Å². The third kappa shape index (κ3) is 2.72. The van der Waals surface area contributed by atoms with Gasteiger partial charge in [0.2, 0.25) is 5.96 Å². The molecule has 1 aromatic carbocycles. The molecular weight excluding hydrogens is 317 g/mol. The Kier molecular flexibility index (Phi) is 3.78. The highest BCUT2D eigenvalue weighted by Crippen LogP contribution is 2.27. The SMILES string of the molecule is NC1=NC2=NC=NC2C(SCc2ccc(Cl)cc2Cl)=N1. The molecule has 5 nitrogen and oxygen atoms in total. The zero-order valence-corrected chi connectivity index (χ0v) is 12.5. The predicted octanol–water partition coefficient (Wildman–Crippen LogP) is 2.76. The van der Waals surface area contributed by atoms with E-state index in [4.69, 9.17) is 28.9 Å². The number of guanidine groups is 1. The van der Waals surface area contributed by atoms with E-state index in [0.717, 1.165) is 10.6 Å². The lowest BCUT2D eigenvalue weighted by Gasteiger charge is -2.15. The van der Waals surface area contributed by atoms with E-state index in [1.807, 2.05) is 12.1 Å². The number of aliphatic imine (C=N–C) groups is 4. The molecule has 0 amide bonds. The molecule has 8 heteroatoms. The van der Waals surface area contributed by atoms with E-state index in [1.54, 1.807) is 6.07 Å². The maximum atomic E-state index is 6.15. The highest BCUT2D eigenvalue weighted by atomic mass is 35.5. The number of nitrogens with two attached hydrogens (primary N) is 1. The van der Waals surface area contributed by atoms with Crippen LogP contribution in [0.15, 0.2) is 38.2 Å². The highest BCUT2D eigenvalue weighted by molar-refractivity contribution is 8.13. The van der Waals surface area contributed by atoms with Crippen molar-refractivity contribution in [2.75, 3.05) is 0 Å². The number of nitrogens with zero attached hydrogens (tertiary/aromatic N) is 4. The maximum Gasteiger partial charge on any atom is 0.222 e. The number of thioether (sulfide) groups is 1. The van der Waals surface area contributed by atoms with Crippen molar-refractivity contribution in [1.82, 2.24) is 0 Å². The van der Waals surface area contributed by atoms with Gasteiger partial charge in [-0.3, -0.25) is 4.99 Å². The summed E-state index contributed by atoms with van der Waals surface area (Å²) < 4.78 is 0. The van der Waals surface area contributed by atoms with Crippen LogP contribution in [0.2, 0.25) is 10.0 Å². The summed E-state index contributed by atoms with van der Waals surface area (Å²) in [5, 5.41) is 2.02. The van der Waals surface area contributed by atoms with E-state index < -0.39 is 0 Å². The van der Waals surface area contributed by atoms with E-state index in [1.165, 1.54) is 18.1 Å². The molecule has 0 saturated carbocycles. The first-order chi connectivity index (χ1) is 9.63. The van der Waals surface area contributed by atoms with Crippen LogP contribution in [0.1, 0.15) is 5.56 Å². The van der Waals surface area contributed by atoms with Crippen LogP contribution in [0.5, 0.6) is 0 Å². The van der Waals surface area contributed by atoms with Gasteiger partial charge in [-0.15, -0.1) is 11.8 Å². The molecule has 0 bridgehead atoms. The Morgan fingerprint density at radius 1 is 1.25 bits per heavy atom. The Hall–Kier alpha value is -1.37. The van der Waals surface area contributed by atoms with Crippen LogP contribution in [0.3, 0.4) is 0 Å². The number of halogens is 2. The lowest BCUT2D eigenvalue weighted by atomic mass is 10.2. The average Bonchev–Trinajstić information content (AvgIpc) is 2.85. The molecular formula is C12H9Cl2N5S. The molecule has 2 aliphatic heterocycles. The van der Waals surface area contributed by atoms with Gasteiger partial charge in [-0.1, -0.05) is 29.3 Å². The first-order valence-electron chi connectivity index (χ1n) is 5.72. The second-order valence-corrected chi connectivity index (χ2v) is 5.94. The molecule has 3 rings (SSSR count). The standard InChI is InChI=1S/C12H9Cl2N5S/c13-7-2-1-6(8(14)3-7)4-20-11-9-10(17-5-16-9)18-12(15)19-11/h1-3,5,9H,4H2,(H2,15,16,17,18). The molecule has 20 heavy (non-hydrogen) atoms. The largest absolute Gasteiger partial charge is 0.368 e. The fraction of sp³-hybridized carbons (Fsp3) is 0.167. The highest BCUT2D eigenvalue weighted by Gasteiger charge is 2.28. The van der Waals surface area contributed by atoms with Crippen LogP contribution in [-0.2, 0) is 5.75 Å².